The number of para-hydroxylation sites is 2. The number of methoxy groups -OCH3 is 1. The first-order valence-corrected chi connectivity index (χ1v) is 6.89. The van der Waals surface area contributed by atoms with Gasteiger partial charge < -0.3 is 15.4 Å². The lowest BCUT2D eigenvalue weighted by Crippen LogP contribution is -2.29. The molecule has 0 saturated heterocycles. The monoisotopic (exact) mass is 284 g/mol. The van der Waals surface area contributed by atoms with Crippen molar-refractivity contribution in [1.82, 2.24) is 5.32 Å². The van der Waals surface area contributed by atoms with Crippen LogP contribution in [0.4, 0.5) is 5.69 Å². The minimum atomic E-state index is -0.0517. The molecule has 0 atom stereocenters. The predicted octanol–water partition coefficient (Wildman–Crippen LogP) is 2.73. The highest BCUT2D eigenvalue weighted by atomic mass is 16.5. The number of rotatable bonds is 6. The van der Waals surface area contributed by atoms with Crippen molar-refractivity contribution in [2.24, 2.45) is 0 Å². The number of benzene rings is 2. The van der Waals surface area contributed by atoms with Gasteiger partial charge in [-0.2, -0.15) is 0 Å². The van der Waals surface area contributed by atoms with Gasteiger partial charge in [0.1, 0.15) is 5.75 Å². The summed E-state index contributed by atoms with van der Waals surface area (Å²) in [7, 11) is 1.63. The van der Waals surface area contributed by atoms with E-state index in [9.17, 15) is 4.79 Å². The lowest BCUT2D eigenvalue weighted by atomic mass is 10.2. The molecule has 2 aromatic rings. The molecule has 0 aliphatic heterocycles. The van der Waals surface area contributed by atoms with E-state index in [1.807, 2.05) is 55.5 Å². The minimum absolute atomic E-state index is 0.0517. The predicted molar refractivity (Wildman–Crippen MR) is 84.5 cm³/mol. The van der Waals surface area contributed by atoms with E-state index in [0.717, 1.165) is 22.6 Å². The van der Waals surface area contributed by atoms with Gasteiger partial charge >= 0.3 is 0 Å². The molecule has 2 rings (SSSR count). The second-order valence-corrected chi connectivity index (χ2v) is 4.76. The van der Waals surface area contributed by atoms with Crippen LogP contribution in [0.3, 0.4) is 0 Å². The Hall–Kier alpha value is -2.49. The number of hydrogen-bond acceptors (Lipinski definition) is 3. The maximum atomic E-state index is 11.9. The van der Waals surface area contributed by atoms with Gasteiger partial charge in [-0.3, -0.25) is 4.79 Å². The smallest absolute Gasteiger partial charge is 0.239 e. The third kappa shape index (κ3) is 4.24. The van der Waals surface area contributed by atoms with Crippen LogP contribution in [0.5, 0.6) is 5.75 Å². The molecule has 0 saturated carbocycles. The average Bonchev–Trinajstić information content (AvgIpc) is 2.52. The Bertz CT molecular complexity index is 611. The lowest BCUT2D eigenvalue weighted by molar-refractivity contribution is -0.119. The topological polar surface area (TPSA) is 50.4 Å². The Kier molecular flexibility index (Phi) is 5.21. The molecule has 0 radical (unpaired) electrons. The van der Waals surface area contributed by atoms with Gasteiger partial charge in [0, 0.05) is 17.8 Å². The molecule has 0 aliphatic rings. The number of hydrogen-bond donors (Lipinski definition) is 2. The molecular formula is C17H20N2O2. The molecule has 21 heavy (non-hydrogen) atoms. The van der Waals surface area contributed by atoms with E-state index in [-0.39, 0.29) is 12.5 Å². The largest absolute Gasteiger partial charge is 0.496 e. The van der Waals surface area contributed by atoms with Crippen LogP contribution in [-0.2, 0) is 11.3 Å². The summed E-state index contributed by atoms with van der Waals surface area (Å²) in [6.07, 6.45) is 0. The summed E-state index contributed by atoms with van der Waals surface area (Å²) in [5, 5.41) is 6.02. The van der Waals surface area contributed by atoms with Crippen LogP contribution in [-0.4, -0.2) is 19.6 Å². The fourth-order valence-corrected chi connectivity index (χ4v) is 2.05. The summed E-state index contributed by atoms with van der Waals surface area (Å²) < 4.78 is 5.26. The zero-order valence-electron chi connectivity index (χ0n) is 12.3. The zero-order valence-corrected chi connectivity index (χ0v) is 12.3. The Labute approximate surface area is 125 Å². The second-order valence-electron chi connectivity index (χ2n) is 4.76. The Morgan fingerprint density at radius 2 is 1.81 bits per heavy atom. The maximum Gasteiger partial charge on any atom is 0.239 e. The van der Waals surface area contributed by atoms with E-state index in [2.05, 4.69) is 10.6 Å². The molecule has 110 valence electrons. The van der Waals surface area contributed by atoms with Crippen LogP contribution in [0.15, 0.2) is 48.5 Å². The summed E-state index contributed by atoms with van der Waals surface area (Å²) in [5.41, 5.74) is 3.06. The fourth-order valence-electron chi connectivity index (χ4n) is 2.05. The van der Waals surface area contributed by atoms with Crippen LogP contribution < -0.4 is 15.4 Å². The van der Waals surface area contributed by atoms with E-state index in [1.54, 1.807) is 7.11 Å². The van der Waals surface area contributed by atoms with Gasteiger partial charge in [0.15, 0.2) is 0 Å². The van der Waals surface area contributed by atoms with Gasteiger partial charge in [-0.1, -0.05) is 36.4 Å². The van der Waals surface area contributed by atoms with Crippen molar-refractivity contribution in [2.75, 3.05) is 19.0 Å². The van der Waals surface area contributed by atoms with Gasteiger partial charge in [-0.25, -0.2) is 0 Å². The Morgan fingerprint density at radius 1 is 1.10 bits per heavy atom. The van der Waals surface area contributed by atoms with Crippen molar-refractivity contribution in [3.05, 3.63) is 59.7 Å². The number of aryl methyl sites for hydroxylation is 1. The van der Waals surface area contributed by atoms with Gasteiger partial charge in [-0.15, -0.1) is 0 Å². The molecule has 0 heterocycles. The highest BCUT2D eigenvalue weighted by molar-refractivity contribution is 5.81. The Balaban J connectivity index is 1.84. The number of amides is 1. The molecule has 1 amide bonds. The third-order valence-corrected chi connectivity index (χ3v) is 3.25. The summed E-state index contributed by atoms with van der Waals surface area (Å²) in [4.78, 5) is 11.9. The molecule has 0 fully saturated rings. The highest BCUT2D eigenvalue weighted by Gasteiger charge is 2.05. The van der Waals surface area contributed by atoms with Gasteiger partial charge in [0.2, 0.25) is 5.91 Å². The molecule has 2 aromatic carbocycles. The zero-order chi connectivity index (χ0) is 15.1. The van der Waals surface area contributed by atoms with Crippen molar-refractivity contribution < 1.29 is 9.53 Å². The summed E-state index contributed by atoms with van der Waals surface area (Å²) in [5.74, 6) is 0.730. The number of nitrogens with one attached hydrogen (secondary N) is 2. The van der Waals surface area contributed by atoms with Gasteiger partial charge in [0.25, 0.3) is 0 Å². The first-order chi connectivity index (χ1) is 10.2. The van der Waals surface area contributed by atoms with E-state index in [0.29, 0.717) is 6.54 Å². The van der Waals surface area contributed by atoms with E-state index >= 15 is 0 Å². The van der Waals surface area contributed by atoms with Crippen LogP contribution >= 0.6 is 0 Å². The van der Waals surface area contributed by atoms with Crippen molar-refractivity contribution >= 4 is 11.6 Å². The van der Waals surface area contributed by atoms with Gasteiger partial charge in [-0.05, 0) is 24.6 Å². The number of carbonyl (C=O) groups excluding carboxylic acids is 1. The molecule has 0 aliphatic carbocycles. The molecule has 4 nitrogen and oxygen atoms in total. The van der Waals surface area contributed by atoms with Crippen molar-refractivity contribution in [3.63, 3.8) is 0 Å². The minimum Gasteiger partial charge on any atom is -0.496 e. The number of anilines is 1. The van der Waals surface area contributed by atoms with Crippen molar-refractivity contribution in [1.29, 1.82) is 0 Å². The molecule has 4 heteroatoms. The SMILES string of the molecule is COc1ccccc1CNC(=O)CNc1ccccc1C. The summed E-state index contributed by atoms with van der Waals surface area (Å²) in [6, 6.07) is 15.5. The molecule has 2 N–H and O–H groups in total. The summed E-state index contributed by atoms with van der Waals surface area (Å²) >= 11 is 0. The first-order valence-electron chi connectivity index (χ1n) is 6.89. The van der Waals surface area contributed by atoms with Crippen molar-refractivity contribution in [3.8, 4) is 5.75 Å². The average molecular weight is 284 g/mol. The van der Waals surface area contributed by atoms with Crippen LogP contribution in [0.2, 0.25) is 0 Å². The molecule has 0 unspecified atom stereocenters. The maximum absolute atomic E-state index is 11.9. The third-order valence-electron chi connectivity index (χ3n) is 3.25. The summed E-state index contributed by atoms with van der Waals surface area (Å²) in [6.45, 7) is 2.72. The first kappa shape index (κ1) is 14.9. The number of ether oxygens (including phenoxy) is 1. The molecule has 0 spiro atoms. The van der Waals surface area contributed by atoms with Crippen LogP contribution in [0.1, 0.15) is 11.1 Å². The standard InChI is InChI=1S/C17H20N2O2/c1-13-7-3-5-9-15(13)18-12-17(20)19-11-14-8-4-6-10-16(14)21-2/h3-10,18H,11-12H2,1-2H3,(H,19,20). The van der Waals surface area contributed by atoms with Crippen LogP contribution in [0, 0.1) is 6.92 Å². The molecule has 0 aromatic heterocycles. The van der Waals surface area contributed by atoms with E-state index < -0.39 is 0 Å². The number of carbonyl (C=O) groups is 1. The molecular weight excluding hydrogens is 264 g/mol. The fraction of sp³-hybridized carbons (Fsp3) is 0.235. The van der Waals surface area contributed by atoms with Crippen molar-refractivity contribution in [2.45, 2.75) is 13.5 Å². The van der Waals surface area contributed by atoms with E-state index in [4.69, 9.17) is 4.74 Å². The molecule has 0 bridgehead atoms. The van der Waals surface area contributed by atoms with Gasteiger partial charge in [0.05, 0.1) is 13.7 Å². The Morgan fingerprint density at radius 3 is 2.57 bits per heavy atom. The highest BCUT2D eigenvalue weighted by Crippen LogP contribution is 2.16. The normalized spacial score (nSPS) is 10.0. The quantitative estimate of drug-likeness (QED) is 0.857. The second kappa shape index (κ2) is 7.33. The van der Waals surface area contributed by atoms with Crippen LogP contribution in [0.25, 0.3) is 0 Å². The lowest BCUT2D eigenvalue weighted by Gasteiger charge is -2.11. The van der Waals surface area contributed by atoms with E-state index in [1.165, 1.54) is 0 Å².